The maximum Gasteiger partial charge on any atom is 0.292 e. The Morgan fingerprint density at radius 3 is 2.90 bits per heavy atom. The molecule has 2 rings (SSSR count). The number of likely N-dealkylation sites (tertiary alicyclic amines) is 1. The van der Waals surface area contributed by atoms with Gasteiger partial charge in [-0.1, -0.05) is 13.0 Å². The third kappa shape index (κ3) is 3.92. The highest BCUT2D eigenvalue weighted by atomic mass is 16.6. The van der Waals surface area contributed by atoms with Gasteiger partial charge in [-0.3, -0.25) is 15.0 Å². The smallest absolute Gasteiger partial charge is 0.292 e. The molecule has 1 aromatic carbocycles. The van der Waals surface area contributed by atoms with Crippen molar-refractivity contribution in [1.82, 2.24) is 4.90 Å². The van der Waals surface area contributed by atoms with Gasteiger partial charge in [0.2, 0.25) is 0 Å². The highest BCUT2D eigenvalue weighted by Crippen LogP contribution is 2.27. The molecule has 2 atom stereocenters. The van der Waals surface area contributed by atoms with E-state index < -0.39 is 0 Å². The molecule has 0 radical (unpaired) electrons. The number of aliphatic hydroxyl groups excluding tert-OH is 1. The van der Waals surface area contributed by atoms with Crippen LogP contribution in [0.4, 0.5) is 11.4 Å². The van der Waals surface area contributed by atoms with Gasteiger partial charge >= 0.3 is 0 Å². The van der Waals surface area contributed by atoms with Gasteiger partial charge in [0.1, 0.15) is 5.69 Å². The Kier molecular flexibility index (Phi) is 5.14. The number of nitrogens with one attached hydrogen (secondary N) is 1. The molecule has 1 aromatic rings. The van der Waals surface area contributed by atoms with Crippen LogP contribution in [-0.2, 0) is 6.54 Å². The average molecular weight is 293 g/mol. The summed E-state index contributed by atoms with van der Waals surface area (Å²) >= 11 is 0. The van der Waals surface area contributed by atoms with E-state index in [1.54, 1.807) is 6.07 Å². The van der Waals surface area contributed by atoms with Crippen molar-refractivity contribution in [2.24, 2.45) is 5.92 Å². The number of nitro benzene ring substituents is 1. The van der Waals surface area contributed by atoms with Crippen molar-refractivity contribution in [3.63, 3.8) is 0 Å². The average Bonchev–Trinajstić information content (AvgIpc) is 2.43. The summed E-state index contributed by atoms with van der Waals surface area (Å²) in [6.07, 6.45) is 0.573. The van der Waals surface area contributed by atoms with Gasteiger partial charge in [-0.2, -0.15) is 0 Å². The van der Waals surface area contributed by atoms with E-state index in [2.05, 4.69) is 17.1 Å². The van der Waals surface area contributed by atoms with Crippen LogP contribution in [0, 0.1) is 16.0 Å². The first-order chi connectivity index (χ1) is 10.0. The molecule has 6 heteroatoms. The second-order valence-corrected chi connectivity index (χ2v) is 5.71. The Bertz CT molecular complexity index is 507. The van der Waals surface area contributed by atoms with Crippen LogP contribution in [0.15, 0.2) is 18.2 Å². The van der Waals surface area contributed by atoms with Gasteiger partial charge in [0.25, 0.3) is 5.69 Å². The molecule has 0 aromatic heterocycles. The summed E-state index contributed by atoms with van der Waals surface area (Å²) in [4.78, 5) is 12.9. The molecule has 0 bridgehead atoms. The van der Waals surface area contributed by atoms with Gasteiger partial charge in [0.05, 0.1) is 11.0 Å². The predicted octanol–water partition coefficient (Wildman–Crippen LogP) is 2.23. The van der Waals surface area contributed by atoms with Crippen LogP contribution in [0.1, 0.15) is 25.8 Å². The predicted molar refractivity (Wildman–Crippen MR) is 82.3 cm³/mol. The maximum atomic E-state index is 11.0. The number of nitro groups is 1. The second-order valence-electron chi connectivity index (χ2n) is 5.71. The van der Waals surface area contributed by atoms with Gasteiger partial charge in [0.15, 0.2) is 0 Å². The normalized spacial score (nSPS) is 23.0. The Labute approximate surface area is 124 Å². The Hall–Kier alpha value is -1.66. The lowest BCUT2D eigenvalue weighted by Gasteiger charge is -2.34. The van der Waals surface area contributed by atoms with Gasteiger partial charge < -0.3 is 10.4 Å². The van der Waals surface area contributed by atoms with E-state index in [1.165, 1.54) is 0 Å². The van der Waals surface area contributed by atoms with E-state index in [4.69, 9.17) is 0 Å². The number of anilines is 1. The van der Waals surface area contributed by atoms with E-state index in [0.29, 0.717) is 12.2 Å². The van der Waals surface area contributed by atoms with Gasteiger partial charge in [-0.05, 0) is 30.9 Å². The largest absolute Gasteiger partial charge is 0.393 e. The van der Waals surface area contributed by atoms with Crippen LogP contribution in [0.25, 0.3) is 0 Å². The molecule has 0 saturated carbocycles. The molecule has 0 aliphatic carbocycles. The zero-order valence-electron chi connectivity index (χ0n) is 12.6. The zero-order chi connectivity index (χ0) is 15.4. The lowest BCUT2D eigenvalue weighted by molar-refractivity contribution is -0.384. The summed E-state index contributed by atoms with van der Waals surface area (Å²) < 4.78 is 0. The molecule has 116 valence electrons. The standard InChI is InChI=1S/C15H23N3O3/c1-3-16-13-8-12(4-5-14(13)18(20)21)10-17-7-6-15(19)11(2)9-17/h4-5,8,11,15-16,19H,3,6-7,9-10H2,1-2H3. The van der Waals surface area contributed by atoms with Crippen molar-refractivity contribution in [1.29, 1.82) is 0 Å². The minimum absolute atomic E-state index is 0.114. The van der Waals surface area contributed by atoms with E-state index >= 15 is 0 Å². The third-order valence-corrected chi connectivity index (χ3v) is 3.98. The molecule has 1 aliphatic heterocycles. The summed E-state index contributed by atoms with van der Waals surface area (Å²) in [7, 11) is 0. The highest BCUT2D eigenvalue weighted by molar-refractivity contribution is 5.62. The van der Waals surface area contributed by atoms with E-state index in [0.717, 1.165) is 31.6 Å². The fourth-order valence-corrected chi connectivity index (χ4v) is 2.79. The first-order valence-electron chi connectivity index (χ1n) is 7.43. The topological polar surface area (TPSA) is 78.6 Å². The number of nitrogens with zero attached hydrogens (tertiary/aromatic N) is 2. The number of hydrogen-bond acceptors (Lipinski definition) is 5. The lowest BCUT2D eigenvalue weighted by atomic mass is 9.96. The Balaban J connectivity index is 2.10. The number of benzene rings is 1. The molecule has 1 saturated heterocycles. The number of aliphatic hydroxyl groups is 1. The van der Waals surface area contributed by atoms with Crippen LogP contribution in [-0.4, -0.2) is 40.7 Å². The second kappa shape index (κ2) is 6.87. The van der Waals surface area contributed by atoms with Crippen molar-refractivity contribution in [3.05, 3.63) is 33.9 Å². The Morgan fingerprint density at radius 1 is 1.52 bits per heavy atom. The van der Waals surface area contributed by atoms with Crippen molar-refractivity contribution in [3.8, 4) is 0 Å². The highest BCUT2D eigenvalue weighted by Gasteiger charge is 2.24. The fraction of sp³-hybridized carbons (Fsp3) is 0.600. The number of rotatable bonds is 5. The molecule has 1 fully saturated rings. The fourth-order valence-electron chi connectivity index (χ4n) is 2.79. The minimum atomic E-state index is -0.360. The molecular formula is C15H23N3O3. The van der Waals surface area contributed by atoms with Crippen molar-refractivity contribution in [2.75, 3.05) is 25.0 Å². The summed E-state index contributed by atoms with van der Waals surface area (Å²) in [5.41, 5.74) is 1.74. The number of hydrogen-bond donors (Lipinski definition) is 2. The van der Waals surface area contributed by atoms with Crippen molar-refractivity contribution >= 4 is 11.4 Å². The van der Waals surface area contributed by atoms with Crippen LogP contribution < -0.4 is 5.32 Å². The van der Waals surface area contributed by atoms with Crippen molar-refractivity contribution < 1.29 is 10.0 Å². The molecular weight excluding hydrogens is 270 g/mol. The molecule has 2 unspecified atom stereocenters. The van der Waals surface area contributed by atoms with E-state index in [-0.39, 0.29) is 22.6 Å². The van der Waals surface area contributed by atoms with Crippen molar-refractivity contribution in [2.45, 2.75) is 32.9 Å². The van der Waals surface area contributed by atoms with Crippen LogP contribution in [0.2, 0.25) is 0 Å². The molecule has 21 heavy (non-hydrogen) atoms. The maximum absolute atomic E-state index is 11.0. The van der Waals surface area contributed by atoms with Crippen LogP contribution in [0.5, 0.6) is 0 Å². The summed E-state index contributed by atoms with van der Waals surface area (Å²) in [5, 5.41) is 23.8. The quantitative estimate of drug-likeness (QED) is 0.643. The molecule has 0 spiro atoms. The first kappa shape index (κ1) is 15.7. The van der Waals surface area contributed by atoms with E-state index in [9.17, 15) is 15.2 Å². The molecule has 1 heterocycles. The Morgan fingerprint density at radius 2 is 2.29 bits per heavy atom. The van der Waals surface area contributed by atoms with Crippen LogP contribution >= 0.6 is 0 Å². The minimum Gasteiger partial charge on any atom is -0.393 e. The van der Waals surface area contributed by atoms with Gasteiger partial charge in [0, 0.05) is 32.2 Å². The molecule has 0 amide bonds. The summed E-state index contributed by atoms with van der Waals surface area (Å²) in [6.45, 7) is 7.10. The first-order valence-corrected chi connectivity index (χ1v) is 7.43. The SMILES string of the molecule is CCNc1cc(CN2CCC(O)C(C)C2)ccc1[N+](=O)[O-]. The van der Waals surface area contributed by atoms with Gasteiger partial charge in [-0.25, -0.2) is 0 Å². The molecule has 1 aliphatic rings. The summed E-state index contributed by atoms with van der Waals surface area (Å²) in [5.74, 6) is 0.269. The molecule has 2 N–H and O–H groups in total. The third-order valence-electron chi connectivity index (χ3n) is 3.98. The van der Waals surface area contributed by atoms with Crippen LogP contribution in [0.3, 0.4) is 0 Å². The zero-order valence-corrected chi connectivity index (χ0v) is 12.6. The lowest BCUT2D eigenvalue weighted by Crippen LogP contribution is -2.41. The van der Waals surface area contributed by atoms with E-state index in [1.807, 2.05) is 19.1 Å². The van der Waals surface area contributed by atoms with Gasteiger partial charge in [-0.15, -0.1) is 0 Å². The molecule has 6 nitrogen and oxygen atoms in total. The number of piperidine rings is 1. The monoisotopic (exact) mass is 293 g/mol. The summed E-state index contributed by atoms with van der Waals surface area (Å²) in [6, 6.07) is 5.24.